The summed E-state index contributed by atoms with van der Waals surface area (Å²) >= 11 is 0. The highest BCUT2D eigenvalue weighted by molar-refractivity contribution is 5.73. The normalized spacial score (nSPS) is 9.75. The van der Waals surface area contributed by atoms with Crippen molar-refractivity contribution >= 4 is 6.29 Å². The lowest BCUT2D eigenvalue weighted by Gasteiger charge is -1.97. The average Bonchev–Trinajstić information content (AvgIpc) is 2.71. The third kappa shape index (κ3) is 1.66. The Labute approximate surface area is 91.2 Å². The Morgan fingerprint density at radius 1 is 1.44 bits per heavy atom. The van der Waals surface area contributed by atoms with Gasteiger partial charge in [-0.05, 0) is 6.92 Å². The molecule has 2 heterocycles. The predicted molar refractivity (Wildman–Crippen MR) is 54.0 cm³/mol. The molecule has 0 atom stereocenters. The molecule has 2 aromatic heterocycles. The Morgan fingerprint density at radius 3 is 2.62 bits per heavy atom. The molecule has 0 N–H and O–H groups in total. The number of nitrogens with zero attached hydrogens (tertiary/aromatic N) is 5. The van der Waals surface area contributed by atoms with Crippen molar-refractivity contribution in [1.82, 2.24) is 19.7 Å². The summed E-state index contributed by atoms with van der Waals surface area (Å²) in [7, 11) is 0. The number of aromatic nitrogens is 4. The van der Waals surface area contributed by atoms with Crippen molar-refractivity contribution in [2.24, 2.45) is 0 Å². The van der Waals surface area contributed by atoms with Gasteiger partial charge < -0.3 is 0 Å². The summed E-state index contributed by atoms with van der Waals surface area (Å²) in [4.78, 5) is 18.3. The van der Waals surface area contributed by atoms with Gasteiger partial charge >= 0.3 is 0 Å². The Hall–Kier alpha value is -2.55. The molecule has 6 heteroatoms. The Bertz CT molecular complexity index is 564. The van der Waals surface area contributed by atoms with E-state index < -0.39 is 0 Å². The molecule has 0 aliphatic rings. The van der Waals surface area contributed by atoms with Crippen LogP contribution >= 0.6 is 0 Å². The quantitative estimate of drug-likeness (QED) is 0.684. The molecule has 6 nitrogen and oxygen atoms in total. The van der Waals surface area contributed by atoms with E-state index in [4.69, 9.17) is 5.26 Å². The van der Waals surface area contributed by atoms with Gasteiger partial charge in [0.2, 0.25) is 0 Å². The van der Waals surface area contributed by atoms with Crippen LogP contribution < -0.4 is 0 Å². The van der Waals surface area contributed by atoms with Crippen LogP contribution in [-0.2, 0) is 0 Å². The minimum atomic E-state index is 0.329. The molecule has 16 heavy (non-hydrogen) atoms. The van der Waals surface area contributed by atoms with E-state index in [2.05, 4.69) is 15.1 Å². The van der Waals surface area contributed by atoms with E-state index in [-0.39, 0.29) is 0 Å². The molecular formula is C10H7N5O. The lowest BCUT2D eigenvalue weighted by Crippen LogP contribution is -2.02. The van der Waals surface area contributed by atoms with E-state index in [9.17, 15) is 4.79 Å². The molecule has 0 saturated heterocycles. The fourth-order valence-electron chi connectivity index (χ4n) is 1.18. The van der Waals surface area contributed by atoms with Gasteiger partial charge in [0.25, 0.3) is 5.95 Å². The van der Waals surface area contributed by atoms with Crippen molar-refractivity contribution in [2.75, 3.05) is 0 Å². The lowest BCUT2D eigenvalue weighted by molar-refractivity contribution is 0.112. The summed E-state index contributed by atoms with van der Waals surface area (Å²) in [6.07, 6.45) is 5.13. The van der Waals surface area contributed by atoms with E-state index >= 15 is 0 Å². The second-order valence-corrected chi connectivity index (χ2v) is 3.15. The van der Waals surface area contributed by atoms with Gasteiger partial charge in [0.15, 0.2) is 12.0 Å². The molecule has 0 bridgehead atoms. The number of hydrogen-bond acceptors (Lipinski definition) is 5. The van der Waals surface area contributed by atoms with Crippen molar-refractivity contribution < 1.29 is 4.79 Å². The fraction of sp³-hybridized carbons (Fsp3) is 0.100. The maximum atomic E-state index is 10.4. The monoisotopic (exact) mass is 213 g/mol. The molecule has 2 rings (SSSR count). The largest absolute Gasteiger partial charge is 0.298 e. The summed E-state index contributed by atoms with van der Waals surface area (Å²) in [6, 6.07) is 1.96. The number of aryl methyl sites for hydroxylation is 1. The highest BCUT2D eigenvalue weighted by Crippen LogP contribution is 2.06. The molecule has 2 aromatic rings. The van der Waals surface area contributed by atoms with Crippen molar-refractivity contribution in [3.63, 3.8) is 0 Å². The van der Waals surface area contributed by atoms with Crippen LogP contribution in [0.3, 0.4) is 0 Å². The molecular weight excluding hydrogens is 206 g/mol. The molecule has 0 saturated carbocycles. The van der Waals surface area contributed by atoms with Crippen LogP contribution in [0.1, 0.15) is 21.6 Å². The van der Waals surface area contributed by atoms with Gasteiger partial charge in [0, 0.05) is 24.2 Å². The Balaban J connectivity index is 2.43. The van der Waals surface area contributed by atoms with Gasteiger partial charge in [-0.25, -0.2) is 14.6 Å². The second kappa shape index (κ2) is 3.90. The van der Waals surface area contributed by atoms with Crippen LogP contribution in [0, 0.1) is 18.3 Å². The van der Waals surface area contributed by atoms with E-state index in [0.29, 0.717) is 23.5 Å². The number of rotatable bonds is 2. The molecule has 0 aromatic carbocycles. The Morgan fingerprint density at radius 2 is 2.12 bits per heavy atom. The van der Waals surface area contributed by atoms with Gasteiger partial charge in [-0.3, -0.25) is 4.79 Å². The first-order valence-corrected chi connectivity index (χ1v) is 4.48. The molecule has 78 valence electrons. The molecule has 0 unspecified atom stereocenters. The number of carbonyl (C=O) groups excluding carboxylic acids is 1. The van der Waals surface area contributed by atoms with Gasteiger partial charge in [0.05, 0.1) is 5.56 Å². The number of hydrogen-bond donors (Lipinski definition) is 0. The smallest absolute Gasteiger partial charge is 0.250 e. The Kier molecular flexibility index (Phi) is 2.44. The third-order valence-corrected chi connectivity index (χ3v) is 2.00. The van der Waals surface area contributed by atoms with Crippen LogP contribution in [0.2, 0.25) is 0 Å². The molecule has 0 radical (unpaired) electrons. The first kappa shape index (κ1) is 9.98. The van der Waals surface area contributed by atoms with Gasteiger partial charge in [-0.15, -0.1) is 0 Å². The summed E-state index contributed by atoms with van der Waals surface area (Å²) in [5.74, 6) is 0.329. The molecule has 0 aliphatic heterocycles. The predicted octanol–water partition coefficient (Wildman–Crippen LogP) is 0.655. The molecule has 0 aliphatic carbocycles. The first-order chi connectivity index (χ1) is 7.74. The van der Waals surface area contributed by atoms with Crippen LogP contribution in [0.5, 0.6) is 0 Å². The number of nitriles is 1. The maximum Gasteiger partial charge on any atom is 0.250 e. The van der Waals surface area contributed by atoms with Crippen LogP contribution in [0.25, 0.3) is 5.95 Å². The van der Waals surface area contributed by atoms with Crippen molar-refractivity contribution in [3.8, 4) is 12.0 Å². The fourth-order valence-corrected chi connectivity index (χ4v) is 1.18. The van der Waals surface area contributed by atoms with Crippen LogP contribution in [-0.4, -0.2) is 26.0 Å². The highest BCUT2D eigenvalue weighted by Gasteiger charge is 2.07. The molecule has 0 amide bonds. The van der Waals surface area contributed by atoms with Gasteiger partial charge in [0.1, 0.15) is 6.07 Å². The van der Waals surface area contributed by atoms with E-state index in [1.165, 1.54) is 17.1 Å². The van der Waals surface area contributed by atoms with Crippen molar-refractivity contribution in [1.29, 1.82) is 5.26 Å². The van der Waals surface area contributed by atoms with E-state index in [0.717, 1.165) is 5.56 Å². The zero-order chi connectivity index (χ0) is 11.5. The zero-order valence-electron chi connectivity index (χ0n) is 8.45. The second-order valence-electron chi connectivity index (χ2n) is 3.15. The first-order valence-electron chi connectivity index (χ1n) is 4.48. The maximum absolute atomic E-state index is 10.4. The SMILES string of the molecule is Cc1cn(-c2ncc(C=O)cn2)nc1C#N. The molecule has 0 spiro atoms. The zero-order valence-corrected chi connectivity index (χ0v) is 8.45. The topological polar surface area (TPSA) is 84.5 Å². The summed E-state index contributed by atoms with van der Waals surface area (Å²) < 4.78 is 1.41. The van der Waals surface area contributed by atoms with Crippen molar-refractivity contribution in [3.05, 3.63) is 35.4 Å². The van der Waals surface area contributed by atoms with E-state index in [1.54, 1.807) is 13.1 Å². The summed E-state index contributed by atoms with van der Waals surface area (Å²) in [5, 5.41) is 12.7. The van der Waals surface area contributed by atoms with Gasteiger partial charge in [-0.1, -0.05) is 0 Å². The van der Waals surface area contributed by atoms with Gasteiger partial charge in [-0.2, -0.15) is 10.4 Å². The lowest BCUT2D eigenvalue weighted by atomic mass is 10.3. The highest BCUT2D eigenvalue weighted by atomic mass is 16.1. The third-order valence-electron chi connectivity index (χ3n) is 2.00. The summed E-state index contributed by atoms with van der Waals surface area (Å²) in [5.41, 5.74) is 1.49. The minimum Gasteiger partial charge on any atom is -0.298 e. The molecule has 0 fully saturated rings. The van der Waals surface area contributed by atoms with Crippen molar-refractivity contribution in [2.45, 2.75) is 6.92 Å². The average molecular weight is 213 g/mol. The summed E-state index contributed by atoms with van der Waals surface area (Å²) in [6.45, 7) is 1.78. The minimum absolute atomic E-state index is 0.329. The standard InChI is InChI=1S/C10H7N5O/c1-7-5-15(14-9(7)2-11)10-12-3-8(6-16)4-13-10/h3-6H,1H3. The van der Waals surface area contributed by atoms with Crippen LogP contribution in [0.4, 0.5) is 0 Å². The number of carbonyl (C=O) groups is 1. The van der Waals surface area contributed by atoms with Crippen LogP contribution in [0.15, 0.2) is 18.6 Å². The van der Waals surface area contributed by atoms with E-state index in [1.807, 2.05) is 6.07 Å². The number of aldehydes is 1.